The maximum atomic E-state index is 13.7. The molecular formula is C18H24F2O6. The van der Waals surface area contributed by atoms with E-state index in [1.54, 1.807) is 0 Å². The molecule has 0 amide bonds. The lowest BCUT2D eigenvalue weighted by molar-refractivity contribution is -0.187. The van der Waals surface area contributed by atoms with Crippen molar-refractivity contribution in [1.29, 1.82) is 0 Å². The number of ether oxygens (including phenoxy) is 3. The van der Waals surface area contributed by atoms with Crippen LogP contribution in [0.3, 0.4) is 0 Å². The van der Waals surface area contributed by atoms with E-state index in [9.17, 15) is 18.4 Å². The number of benzene rings is 1. The van der Waals surface area contributed by atoms with Crippen LogP contribution in [-0.2, 0) is 14.3 Å². The molecule has 1 rings (SSSR count). The Morgan fingerprint density at radius 1 is 1.04 bits per heavy atom. The third-order valence-electron chi connectivity index (χ3n) is 3.60. The van der Waals surface area contributed by atoms with Gasteiger partial charge in [0.25, 0.3) is 0 Å². The first kappa shape index (κ1) is 21.8. The average molecular weight is 374 g/mol. The first-order valence-electron chi connectivity index (χ1n) is 8.12. The number of aliphatic carboxylic acids is 1. The van der Waals surface area contributed by atoms with Gasteiger partial charge in [0.15, 0.2) is 6.10 Å². The number of hydrogen-bond donors (Lipinski definition) is 1. The van der Waals surface area contributed by atoms with Crippen molar-refractivity contribution in [3.05, 3.63) is 29.8 Å². The molecular weight excluding hydrogens is 350 g/mol. The minimum absolute atomic E-state index is 0.00250. The molecule has 146 valence electrons. The molecule has 0 radical (unpaired) electrons. The zero-order chi connectivity index (χ0) is 20.1. The summed E-state index contributed by atoms with van der Waals surface area (Å²) in [6.07, 6.45) is -2.56. The lowest BCUT2D eigenvalue weighted by atomic mass is 10.0. The van der Waals surface area contributed by atoms with Crippen LogP contribution in [0.5, 0.6) is 5.75 Å². The molecule has 0 saturated heterocycles. The van der Waals surface area contributed by atoms with Crippen LogP contribution in [-0.4, -0.2) is 42.5 Å². The van der Waals surface area contributed by atoms with Gasteiger partial charge in [-0.25, -0.2) is 9.59 Å². The molecule has 1 N–H and O–H groups in total. The first-order chi connectivity index (χ1) is 12.0. The molecule has 0 bridgehead atoms. The third kappa shape index (κ3) is 5.39. The third-order valence-corrected chi connectivity index (χ3v) is 3.60. The van der Waals surface area contributed by atoms with E-state index in [4.69, 9.17) is 19.3 Å². The van der Waals surface area contributed by atoms with Crippen LogP contribution >= 0.6 is 0 Å². The molecule has 0 aliphatic carbocycles. The molecule has 8 heteroatoms. The Hall–Kier alpha value is -2.22. The fourth-order valence-corrected chi connectivity index (χ4v) is 2.19. The minimum atomic E-state index is -4.18. The zero-order valence-electron chi connectivity index (χ0n) is 15.4. The number of carboxylic acid groups (broad SMARTS) is 1. The van der Waals surface area contributed by atoms with Gasteiger partial charge < -0.3 is 19.3 Å². The molecule has 2 atom stereocenters. The van der Waals surface area contributed by atoms with Gasteiger partial charge in [-0.05, 0) is 30.2 Å². The number of carboxylic acids is 1. The first-order valence-corrected chi connectivity index (χ1v) is 8.12. The molecule has 0 aliphatic rings. The van der Waals surface area contributed by atoms with E-state index in [0.29, 0.717) is 5.75 Å². The minimum Gasteiger partial charge on any atom is -0.477 e. The number of rotatable bonds is 9. The van der Waals surface area contributed by atoms with Crippen molar-refractivity contribution in [2.24, 2.45) is 11.8 Å². The maximum absolute atomic E-state index is 13.7. The number of carbonyl (C=O) groups is 2. The molecule has 2 unspecified atom stereocenters. The summed E-state index contributed by atoms with van der Waals surface area (Å²) in [4.78, 5) is 22.9. The second kappa shape index (κ2) is 8.93. The molecule has 0 heterocycles. The number of esters is 1. The monoisotopic (exact) mass is 374 g/mol. The standard InChI is InChI=1S/C18H24F2O6/c1-10(2)14(18(19,20)17(22)23)26-15(21)12-6-8-13(9-7-12)25-16(24-5)11(3)4/h6-11,14,16H,1-5H3,(H,22,23). The molecule has 26 heavy (non-hydrogen) atoms. The molecule has 1 aromatic carbocycles. The number of halogens is 2. The molecule has 0 aliphatic heterocycles. The van der Waals surface area contributed by atoms with Crippen LogP contribution in [0.15, 0.2) is 24.3 Å². The number of alkyl halides is 2. The van der Waals surface area contributed by atoms with Gasteiger partial charge in [-0.2, -0.15) is 8.78 Å². The van der Waals surface area contributed by atoms with Crippen molar-refractivity contribution in [2.45, 2.75) is 46.0 Å². The van der Waals surface area contributed by atoms with Gasteiger partial charge in [-0.15, -0.1) is 0 Å². The van der Waals surface area contributed by atoms with Crippen molar-refractivity contribution in [2.75, 3.05) is 7.11 Å². The van der Waals surface area contributed by atoms with Crippen LogP contribution in [0.4, 0.5) is 8.78 Å². The molecule has 0 spiro atoms. The van der Waals surface area contributed by atoms with Crippen molar-refractivity contribution in [1.82, 2.24) is 0 Å². The van der Waals surface area contributed by atoms with Crippen LogP contribution < -0.4 is 4.74 Å². The number of methoxy groups -OCH3 is 1. The topological polar surface area (TPSA) is 82.1 Å². The molecule has 0 aromatic heterocycles. The second-order valence-electron chi connectivity index (χ2n) is 6.49. The van der Waals surface area contributed by atoms with Gasteiger partial charge in [0.1, 0.15) is 5.75 Å². The lowest BCUT2D eigenvalue weighted by Gasteiger charge is -2.26. The summed E-state index contributed by atoms with van der Waals surface area (Å²) in [5.41, 5.74) is 0.00250. The molecule has 0 saturated carbocycles. The highest BCUT2D eigenvalue weighted by Crippen LogP contribution is 2.28. The van der Waals surface area contributed by atoms with E-state index >= 15 is 0 Å². The normalized spacial score (nSPS) is 14.2. The summed E-state index contributed by atoms with van der Waals surface area (Å²) < 4.78 is 43.0. The summed E-state index contributed by atoms with van der Waals surface area (Å²) in [6, 6.07) is 5.65. The Balaban J connectivity index is 2.88. The summed E-state index contributed by atoms with van der Waals surface area (Å²) in [7, 11) is 1.51. The highest BCUT2D eigenvalue weighted by atomic mass is 19.3. The zero-order valence-corrected chi connectivity index (χ0v) is 15.4. The van der Waals surface area contributed by atoms with Crippen molar-refractivity contribution in [3.63, 3.8) is 0 Å². The van der Waals surface area contributed by atoms with E-state index in [-0.39, 0.29) is 11.5 Å². The highest BCUT2D eigenvalue weighted by Gasteiger charge is 2.51. The number of carbonyl (C=O) groups excluding carboxylic acids is 1. The Labute approximate surface area is 151 Å². The summed E-state index contributed by atoms with van der Waals surface area (Å²) in [6.45, 7) is 6.52. The molecule has 1 aromatic rings. The fraction of sp³-hybridized carbons (Fsp3) is 0.556. The Bertz CT molecular complexity index is 613. The Morgan fingerprint density at radius 2 is 1.58 bits per heavy atom. The second-order valence-corrected chi connectivity index (χ2v) is 6.49. The summed E-state index contributed by atoms with van der Waals surface area (Å²) >= 11 is 0. The largest absolute Gasteiger partial charge is 0.477 e. The van der Waals surface area contributed by atoms with E-state index in [0.717, 1.165) is 0 Å². The quantitative estimate of drug-likeness (QED) is 0.525. The average Bonchev–Trinajstić information content (AvgIpc) is 2.56. The van der Waals surface area contributed by atoms with E-state index < -0.39 is 36.2 Å². The predicted molar refractivity (Wildman–Crippen MR) is 89.3 cm³/mol. The van der Waals surface area contributed by atoms with Crippen LogP contribution in [0.1, 0.15) is 38.1 Å². The van der Waals surface area contributed by atoms with Gasteiger partial charge >= 0.3 is 17.9 Å². The maximum Gasteiger partial charge on any atom is 0.378 e. The Kier molecular flexibility index (Phi) is 7.50. The van der Waals surface area contributed by atoms with Gasteiger partial charge in [-0.1, -0.05) is 27.7 Å². The summed E-state index contributed by atoms with van der Waals surface area (Å²) in [5, 5.41) is 8.66. The smallest absolute Gasteiger partial charge is 0.378 e. The molecule has 0 fully saturated rings. The van der Waals surface area contributed by atoms with Crippen molar-refractivity contribution < 1.29 is 37.7 Å². The fourth-order valence-electron chi connectivity index (χ4n) is 2.19. The number of hydrogen-bond acceptors (Lipinski definition) is 5. The SMILES string of the molecule is COC(Oc1ccc(C(=O)OC(C(C)C)C(F)(F)C(=O)O)cc1)C(C)C. The van der Waals surface area contributed by atoms with Gasteiger partial charge in [0.2, 0.25) is 6.29 Å². The lowest BCUT2D eigenvalue weighted by Crippen LogP contribution is -2.47. The highest BCUT2D eigenvalue weighted by molar-refractivity contribution is 5.90. The van der Waals surface area contributed by atoms with Crippen molar-refractivity contribution in [3.8, 4) is 5.75 Å². The van der Waals surface area contributed by atoms with Crippen LogP contribution in [0.2, 0.25) is 0 Å². The van der Waals surface area contributed by atoms with Gasteiger partial charge in [-0.3, -0.25) is 0 Å². The van der Waals surface area contributed by atoms with Crippen LogP contribution in [0, 0.1) is 11.8 Å². The van der Waals surface area contributed by atoms with Crippen LogP contribution in [0.25, 0.3) is 0 Å². The van der Waals surface area contributed by atoms with Gasteiger partial charge in [0.05, 0.1) is 5.56 Å². The van der Waals surface area contributed by atoms with E-state index in [1.165, 1.54) is 45.2 Å². The summed E-state index contributed by atoms with van der Waals surface area (Å²) in [5.74, 6) is -7.93. The Morgan fingerprint density at radius 3 is 1.96 bits per heavy atom. The predicted octanol–water partition coefficient (Wildman–Crippen LogP) is 3.60. The molecule has 6 nitrogen and oxygen atoms in total. The van der Waals surface area contributed by atoms with E-state index in [1.807, 2.05) is 13.8 Å². The van der Waals surface area contributed by atoms with E-state index in [2.05, 4.69) is 0 Å². The van der Waals surface area contributed by atoms with Gasteiger partial charge in [0, 0.05) is 13.0 Å². The van der Waals surface area contributed by atoms with Crippen molar-refractivity contribution >= 4 is 11.9 Å².